The highest BCUT2D eigenvalue weighted by Crippen LogP contribution is 2.44. The van der Waals surface area contributed by atoms with Crippen molar-refractivity contribution in [2.75, 3.05) is 11.9 Å². The lowest BCUT2D eigenvalue weighted by molar-refractivity contribution is -0.136. The van der Waals surface area contributed by atoms with E-state index in [9.17, 15) is 9.59 Å². The quantitative estimate of drug-likeness (QED) is 0.225. The van der Waals surface area contributed by atoms with E-state index in [2.05, 4.69) is 28.6 Å². The van der Waals surface area contributed by atoms with Crippen LogP contribution >= 0.6 is 11.6 Å². The van der Waals surface area contributed by atoms with E-state index in [1.165, 1.54) is 19.3 Å². The molecule has 5 rings (SSSR count). The van der Waals surface area contributed by atoms with Gasteiger partial charge in [-0.25, -0.2) is 4.98 Å². The Bertz CT molecular complexity index is 1340. The van der Waals surface area contributed by atoms with Crippen molar-refractivity contribution < 1.29 is 24.2 Å². The Morgan fingerprint density at radius 1 is 1.10 bits per heavy atom. The molecule has 8 nitrogen and oxygen atoms in total. The number of benzene rings is 2. The first-order chi connectivity index (χ1) is 19.9. The molecule has 3 unspecified atom stereocenters. The average molecular weight is 578 g/mol. The van der Waals surface area contributed by atoms with Crippen LogP contribution in [0.4, 0.5) is 5.69 Å². The molecule has 1 aromatic heterocycles. The molecule has 9 heteroatoms. The number of carboxylic acid groups (broad SMARTS) is 1. The number of nitrogens with zero attached hydrogens (tertiary/aromatic N) is 1. The highest BCUT2D eigenvalue weighted by atomic mass is 35.5. The Morgan fingerprint density at radius 3 is 2.59 bits per heavy atom. The molecule has 0 spiro atoms. The first-order valence-corrected chi connectivity index (χ1v) is 14.7. The van der Waals surface area contributed by atoms with E-state index in [1.807, 2.05) is 30.3 Å². The zero-order valence-corrected chi connectivity index (χ0v) is 23.9. The van der Waals surface area contributed by atoms with E-state index in [-0.39, 0.29) is 36.9 Å². The molecule has 1 saturated carbocycles. The largest absolute Gasteiger partial charge is 0.489 e. The van der Waals surface area contributed by atoms with Crippen molar-refractivity contribution in [2.24, 2.45) is 5.92 Å². The number of carbonyl (C=O) groups excluding carboxylic acids is 1. The molecule has 1 amide bonds. The minimum Gasteiger partial charge on any atom is -0.489 e. The van der Waals surface area contributed by atoms with Gasteiger partial charge < -0.3 is 25.2 Å². The summed E-state index contributed by atoms with van der Waals surface area (Å²) in [6, 6.07) is 17.1. The molecule has 3 aromatic rings. The van der Waals surface area contributed by atoms with Crippen LogP contribution in [0.5, 0.6) is 11.5 Å². The van der Waals surface area contributed by atoms with Gasteiger partial charge in [-0.05, 0) is 67.3 Å². The number of hydrogen-bond acceptors (Lipinski definition) is 6. The van der Waals surface area contributed by atoms with Crippen LogP contribution in [0.15, 0.2) is 60.8 Å². The average Bonchev–Trinajstić information content (AvgIpc) is 3.31. The van der Waals surface area contributed by atoms with Crippen LogP contribution in [-0.2, 0) is 11.4 Å². The van der Waals surface area contributed by atoms with Crippen LogP contribution in [0.2, 0.25) is 5.15 Å². The number of carboxylic acids is 1. The Labute approximate surface area is 245 Å². The molecule has 0 saturated heterocycles. The zero-order valence-electron chi connectivity index (χ0n) is 23.1. The molecule has 2 aromatic carbocycles. The second-order valence-electron chi connectivity index (χ2n) is 10.9. The molecule has 3 atom stereocenters. The van der Waals surface area contributed by atoms with Gasteiger partial charge in [0.1, 0.15) is 29.4 Å². The van der Waals surface area contributed by atoms with E-state index in [0.717, 1.165) is 41.2 Å². The number of fused-ring (bicyclic) bond motifs is 1. The van der Waals surface area contributed by atoms with Gasteiger partial charge in [0, 0.05) is 41.0 Å². The van der Waals surface area contributed by atoms with Crippen LogP contribution in [-0.4, -0.2) is 40.7 Å². The monoisotopic (exact) mass is 577 g/mol. The van der Waals surface area contributed by atoms with Crippen molar-refractivity contribution in [3.05, 3.63) is 82.6 Å². The fourth-order valence-corrected chi connectivity index (χ4v) is 5.92. The first kappa shape index (κ1) is 28.7. The van der Waals surface area contributed by atoms with Gasteiger partial charge in [-0.3, -0.25) is 9.59 Å². The molecular formula is C32H36ClN3O5. The number of carbonyl (C=O) groups is 2. The third-order valence-electron chi connectivity index (χ3n) is 8.04. The normalized spacial score (nSPS) is 19.1. The number of aromatic nitrogens is 1. The van der Waals surface area contributed by atoms with Crippen LogP contribution in [0.1, 0.15) is 72.9 Å². The van der Waals surface area contributed by atoms with Gasteiger partial charge in [0.2, 0.25) is 0 Å². The Hall–Kier alpha value is -3.78. The Balaban J connectivity index is 1.28. The molecule has 216 valence electrons. The SMILES string of the molecule is CC1c2cc(OCc3ccc(Cl)nc3)ccc2OC1C(Nc1ccc(C(=O)NCCC(=O)O)cc1)C1CCCCC1. The summed E-state index contributed by atoms with van der Waals surface area (Å²) in [6.07, 6.45) is 7.54. The van der Waals surface area contributed by atoms with Gasteiger partial charge in [0.25, 0.3) is 5.91 Å². The summed E-state index contributed by atoms with van der Waals surface area (Å²) >= 11 is 5.90. The highest BCUT2D eigenvalue weighted by Gasteiger charge is 2.41. The molecule has 1 fully saturated rings. The maximum absolute atomic E-state index is 12.4. The third-order valence-corrected chi connectivity index (χ3v) is 8.26. The molecule has 0 bridgehead atoms. The van der Waals surface area contributed by atoms with Gasteiger partial charge in [0.15, 0.2) is 0 Å². The molecular weight excluding hydrogens is 542 g/mol. The fraction of sp³-hybridized carbons (Fsp3) is 0.406. The predicted octanol–water partition coefficient (Wildman–Crippen LogP) is 6.44. The third kappa shape index (κ3) is 7.30. The number of anilines is 1. The summed E-state index contributed by atoms with van der Waals surface area (Å²) in [4.78, 5) is 27.2. The zero-order chi connectivity index (χ0) is 28.8. The van der Waals surface area contributed by atoms with Crippen molar-refractivity contribution in [3.63, 3.8) is 0 Å². The van der Waals surface area contributed by atoms with E-state index < -0.39 is 5.97 Å². The number of ether oxygens (including phenoxy) is 2. The van der Waals surface area contributed by atoms with E-state index in [4.69, 9.17) is 26.2 Å². The standard InChI is InChI=1S/C32H36ClN3O5/c1-20-26-17-25(40-19-21-7-14-28(33)35-18-21)12-13-27(26)41-31(20)30(22-5-3-2-4-6-22)36-24-10-8-23(9-11-24)32(39)34-16-15-29(37)38/h7-14,17-18,20,22,30-31,36H,2-6,15-16,19H2,1H3,(H,34,39)(H,37,38). The summed E-state index contributed by atoms with van der Waals surface area (Å²) in [6.45, 7) is 2.72. The lowest BCUT2D eigenvalue weighted by Gasteiger charge is -2.36. The number of hydrogen-bond donors (Lipinski definition) is 3. The second-order valence-corrected chi connectivity index (χ2v) is 11.3. The molecule has 41 heavy (non-hydrogen) atoms. The summed E-state index contributed by atoms with van der Waals surface area (Å²) in [5, 5.41) is 15.7. The van der Waals surface area contributed by atoms with Crippen molar-refractivity contribution in [1.82, 2.24) is 10.3 Å². The van der Waals surface area contributed by atoms with E-state index >= 15 is 0 Å². The van der Waals surface area contributed by atoms with Crippen LogP contribution < -0.4 is 20.1 Å². The maximum Gasteiger partial charge on any atom is 0.305 e. The molecule has 1 aliphatic heterocycles. The molecule has 1 aliphatic carbocycles. The lowest BCUT2D eigenvalue weighted by atomic mass is 9.78. The maximum atomic E-state index is 12.4. The lowest BCUT2D eigenvalue weighted by Crippen LogP contribution is -2.44. The van der Waals surface area contributed by atoms with Gasteiger partial charge in [-0.2, -0.15) is 0 Å². The van der Waals surface area contributed by atoms with Crippen molar-refractivity contribution >= 4 is 29.2 Å². The number of aliphatic carboxylic acids is 1. The number of amides is 1. The number of rotatable bonds is 11. The summed E-state index contributed by atoms with van der Waals surface area (Å²) < 4.78 is 12.7. The predicted molar refractivity (Wildman–Crippen MR) is 158 cm³/mol. The first-order valence-electron chi connectivity index (χ1n) is 14.3. The van der Waals surface area contributed by atoms with Gasteiger partial charge in [-0.1, -0.05) is 43.9 Å². The molecule has 3 N–H and O–H groups in total. The van der Waals surface area contributed by atoms with Crippen molar-refractivity contribution in [3.8, 4) is 11.5 Å². The molecule has 2 heterocycles. The summed E-state index contributed by atoms with van der Waals surface area (Å²) in [5.41, 5.74) is 3.50. The molecule has 2 aliphatic rings. The van der Waals surface area contributed by atoms with Crippen LogP contribution in [0, 0.1) is 5.92 Å². The fourth-order valence-electron chi connectivity index (χ4n) is 5.80. The minimum atomic E-state index is -0.941. The number of pyridine rings is 1. The van der Waals surface area contributed by atoms with Crippen LogP contribution in [0.3, 0.4) is 0 Å². The number of halogens is 1. The second kappa shape index (κ2) is 13.3. The van der Waals surface area contributed by atoms with E-state index in [1.54, 1.807) is 24.4 Å². The summed E-state index contributed by atoms with van der Waals surface area (Å²) in [7, 11) is 0. The van der Waals surface area contributed by atoms with Crippen molar-refractivity contribution in [2.45, 2.75) is 70.1 Å². The van der Waals surface area contributed by atoms with Gasteiger partial charge in [-0.15, -0.1) is 0 Å². The van der Waals surface area contributed by atoms with Gasteiger partial charge >= 0.3 is 5.97 Å². The Morgan fingerprint density at radius 2 is 1.88 bits per heavy atom. The Kier molecular flexibility index (Phi) is 9.29. The summed E-state index contributed by atoms with van der Waals surface area (Å²) in [5.74, 6) is 1.08. The highest BCUT2D eigenvalue weighted by molar-refractivity contribution is 6.29. The van der Waals surface area contributed by atoms with E-state index in [0.29, 0.717) is 23.2 Å². The van der Waals surface area contributed by atoms with Crippen LogP contribution in [0.25, 0.3) is 0 Å². The number of nitrogens with one attached hydrogen (secondary N) is 2. The van der Waals surface area contributed by atoms with Gasteiger partial charge in [0.05, 0.1) is 12.5 Å². The smallest absolute Gasteiger partial charge is 0.305 e. The van der Waals surface area contributed by atoms with Crippen molar-refractivity contribution in [1.29, 1.82) is 0 Å². The minimum absolute atomic E-state index is 0.0530. The molecule has 0 radical (unpaired) electrons. The topological polar surface area (TPSA) is 110 Å².